The van der Waals surface area contributed by atoms with Crippen molar-refractivity contribution in [3.05, 3.63) is 101 Å². The van der Waals surface area contributed by atoms with E-state index in [-0.39, 0.29) is 5.91 Å². The summed E-state index contributed by atoms with van der Waals surface area (Å²) >= 11 is 1.41. The van der Waals surface area contributed by atoms with Crippen molar-refractivity contribution in [3.63, 3.8) is 0 Å². The maximum Gasteiger partial charge on any atom is 0.271 e. The summed E-state index contributed by atoms with van der Waals surface area (Å²) in [6, 6.07) is 24.1. The van der Waals surface area contributed by atoms with Gasteiger partial charge in [0.1, 0.15) is 0 Å². The van der Waals surface area contributed by atoms with Crippen molar-refractivity contribution in [1.29, 1.82) is 0 Å². The summed E-state index contributed by atoms with van der Waals surface area (Å²) in [5.41, 5.74) is 6.04. The first kappa shape index (κ1) is 19.4. The van der Waals surface area contributed by atoms with E-state index in [4.69, 9.17) is 4.99 Å². The van der Waals surface area contributed by atoms with Crippen LogP contribution in [-0.2, 0) is 4.79 Å². The Balaban J connectivity index is 1.57. The van der Waals surface area contributed by atoms with E-state index in [1.807, 2.05) is 92.9 Å². The van der Waals surface area contributed by atoms with Gasteiger partial charge in [0.05, 0.1) is 16.3 Å². The van der Waals surface area contributed by atoms with E-state index in [0.29, 0.717) is 10.1 Å². The Labute approximate surface area is 185 Å². The van der Waals surface area contributed by atoms with Gasteiger partial charge in [0, 0.05) is 11.7 Å². The normalized spacial score (nSPS) is 16.7. The zero-order chi connectivity index (χ0) is 21.4. The zero-order valence-electron chi connectivity index (χ0n) is 17.3. The van der Waals surface area contributed by atoms with E-state index in [0.717, 1.165) is 33.4 Å². The number of H-pyrrole nitrogens is 1. The number of nitrogens with one attached hydrogen (secondary N) is 1. The fourth-order valence-electron chi connectivity index (χ4n) is 3.51. The number of amides is 1. The third-order valence-corrected chi connectivity index (χ3v) is 6.20. The molecule has 1 aliphatic rings. The molecule has 152 valence electrons. The third-order valence-electron chi connectivity index (χ3n) is 5.23. The van der Waals surface area contributed by atoms with E-state index in [2.05, 4.69) is 11.1 Å². The standard InChI is InChI=1S/C26H21N3OS/c1-17-3-8-21(9-4-17)28-26-29(22-10-5-18(2)6-11-22)25(30)24(31-26)16-19-7-12-23-20(15-19)13-14-27-23/h3-16,27H,1-2H3. The van der Waals surface area contributed by atoms with Gasteiger partial charge >= 0.3 is 0 Å². The molecule has 5 heteroatoms. The second-order valence-corrected chi connectivity index (χ2v) is 8.65. The van der Waals surface area contributed by atoms with Crippen LogP contribution >= 0.6 is 11.8 Å². The summed E-state index contributed by atoms with van der Waals surface area (Å²) in [6.07, 6.45) is 3.86. The molecule has 4 aromatic rings. The van der Waals surface area contributed by atoms with E-state index in [9.17, 15) is 4.79 Å². The number of amidine groups is 1. The summed E-state index contributed by atoms with van der Waals surface area (Å²) in [5, 5.41) is 1.78. The van der Waals surface area contributed by atoms with Crippen LogP contribution in [0.4, 0.5) is 11.4 Å². The highest BCUT2D eigenvalue weighted by Crippen LogP contribution is 2.37. The molecule has 0 saturated carbocycles. The molecule has 0 bridgehead atoms. The summed E-state index contributed by atoms with van der Waals surface area (Å²) in [4.78, 5) is 23.8. The number of aromatic nitrogens is 1. The lowest BCUT2D eigenvalue weighted by Crippen LogP contribution is -2.28. The Morgan fingerprint density at radius 2 is 1.61 bits per heavy atom. The number of carbonyl (C=O) groups excluding carboxylic acids is 1. The fourth-order valence-corrected chi connectivity index (χ4v) is 4.51. The fraction of sp³-hybridized carbons (Fsp3) is 0.0769. The number of thioether (sulfide) groups is 1. The van der Waals surface area contributed by atoms with Crippen LogP contribution in [0, 0.1) is 13.8 Å². The molecule has 2 heterocycles. The Morgan fingerprint density at radius 3 is 2.35 bits per heavy atom. The molecule has 0 spiro atoms. The second kappa shape index (κ2) is 7.93. The van der Waals surface area contributed by atoms with E-state index in [1.165, 1.54) is 17.3 Å². The number of anilines is 1. The minimum absolute atomic E-state index is 0.0612. The van der Waals surface area contributed by atoms with Crippen LogP contribution in [0.1, 0.15) is 16.7 Å². The predicted octanol–water partition coefficient (Wildman–Crippen LogP) is 6.59. The third kappa shape index (κ3) is 3.92. The summed E-state index contributed by atoms with van der Waals surface area (Å²) in [6.45, 7) is 4.08. The molecule has 1 aliphatic heterocycles. The highest BCUT2D eigenvalue weighted by molar-refractivity contribution is 8.19. The lowest BCUT2D eigenvalue weighted by molar-refractivity contribution is -0.113. The molecule has 0 unspecified atom stereocenters. The summed E-state index contributed by atoms with van der Waals surface area (Å²) in [5.74, 6) is -0.0612. The Morgan fingerprint density at radius 1 is 0.903 bits per heavy atom. The van der Waals surface area contributed by atoms with Gasteiger partial charge in [-0.3, -0.25) is 9.69 Å². The van der Waals surface area contributed by atoms with Gasteiger partial charge in [0.2, 0.25) is 0 Å². The molecule has 0 aliphatic carbocycles. The number of aryl methyl sites for hydroxylation is 2. The second-order valence-electron chi connectivity index (χ2n) is 7.64. The van der Waals surface area contributed by atoms with Crippen molar-refractivity contribution < 1.29 is 4.79 Å². The molecule has 0 radical (unpaired) electrons. The average Bonchev–Trinajstić information content (AvgIpc) is 3.35. The van der Waals surface area contributed by atoms with Crippen molar-refractivity contribution in [2.24, 2.45) is 4.99 Å². The minimum Gasteiger partial charge on any atom is -0.361 e. The van der Waals surface area contributed by atoms with E-state index < -0.39 is 0 Å². The topological polar surface area (TPSA) is 48.5 Å². The molecule has 0 atom stereocenters. The van der Waals surface area contributed by atoms with Crippen LogP contribution in [0.15, 0.2) is 88.9 Å². The molecule has 1 aromatic heterocycles. The molecule has 1 amide bonds. The van der Waals surface area contributed by atoms with Crippen molar-refractivity contribution in [3.8, 4) is 0 Å². The van der Waals surface area contributed by atoms with Gasteiger partial charge in [-0.15, -0.1) is 0 Å². The largest absolute Gasteiger partial charge is 0.361 e. The molecular formula is C26H21N3OS. The lowest BCUT2D eigenvalue weighted by atomic mass is 10.1. The van der Waals surface area contributed by atoms with Crippen molar-refractivity contribution in [1.82, 2.24) is 4.98 Å². The van der Waals surface area contributed by atoms with Crippen LogP contribution in [-0.4, -0.2) is 16.1 Å². The Bertz CT molecular complexity index is 1330. The van der Waals surface area contributed by atoms with E-state index >= 15 is 0 Å². The van der Waals surface area contributed by atoms with Crippen molar-refractivity contribution >= 4 is 51.2 Å². The van der Waals surface area contributed by atoms with Gasteiger partial charge in [0.15, 0.2) is 5.17 Å². The van der Waals surface area contributed by atoms with E-state index in [1.54, 1.807) is 4.90 Å². The summed E-state index contributed by atoms with van der Waals surface area (Å²) < 4.78 is 0. The Kier molecular flexibility index (Phi) is 4.96. The number of hydrogen-bond acceptors (Lipinski definition) is 3. The van der Waals surface area contributed by atoms with Gasteiger partial charge < -0.3 is 4.98 Å². The first-order valence-electron chi connectivity index (χ1n) is 10.1. The molecule has 5 rings (SSSR count). The number of nitrogens with zero attached hydrogens (tertiary/aromatic N) is 2. The first-order valence-corrected chi connectivity index (χ1v) is 10.9. The van der Waals surface area contributed by atoms with Crippen LogP contribution in [0.3, 0.4) is 0 Å². The van der Waals surface area contributed by atoms with Gasteiger partial charge in [-0.05, 0) is 85.1 Å². The first-order chi connectivity index (χ1) is 15.1. The lowest BCUT2D eigenvalue weighted by Gasteiger charge is -2.16. The predicted molar refractivity (Wildman–Crippen MR) is 131 cm³/mol. The number of hydrogen-bond donors (Lipinski definition) is 1. The molecule has 31 heavy (non-hydrogen) atoms. The van der Waals surface area contributed by atoms with Crippen LogP contribution in [0.25, 0.3) is 17.0 Å². The smallest absolute Gasteiger partial charge is 0.271 e. The Hall–Kier alpha value is -3.57. The zero-order valence-corrected chi connectivity index (χ0v) is 18.1. The number of carbonyl (C=O) groups is 1. The molecule has 3 aromatic carbocycles. The quantitative estimate of drug-likeness (QED) is 0.378. The average molecular weight is 424 g/mol. The minimum atomic E-state index is -0.0612. The van der Waals surface area contributed by atoms with Crippen molar-refractivity contribution in [2.45, 2.75) is 13.8 Å². The molecule has 1 fully saturated rings. The van der Waals surface area contributed by atoms with Crippen LogP contribution < -0.4 is 4.90 Å². The van der Waals surface area contributed by atoms with Gasteiger partial charge in [-0.1, -0.05) is 41.5 Å². The number of fused-ring (bicyclic) bond motifs is 1. The van der Waals surface area contributed by atoms with Gasteiger partial charge in [-0.2, -0.15) is 0 Å². The monoisotopic (exact) mass is 423 g/mol. The SMILES string of the molecule is Cc1ccc(N=C2SC(=Cc3ccc4[nH]ccc4c3)C(=O)N2c2ccc(C)cc2)cc1. The number of rotatable bonds is 3. The molecule has 4 nitrogen and oxygen atoms in total. The summed E-state index contributed by atoms with van der Waals surface area (Å²) in [7, 11) is 0. The molecule has 1 N–H and O–H groups in total. The molecule has 1 saturated heterocycles. The van der Waals surface area contributed by atoms with Crippen LogP contribution in [0.5, 0.6) is 0 Å². The number of aliphatic imine (C=N–C) groups is 1. The number of benzene rings is 3. The van der Waals surface area contributed by atoms with Gasteiger partial charge in [-0.25, -0.2) is 4.99 Å². The van der Waals surface area contributed by atoms with Crippen LogP contribution in [0.2, 0.25) is 0 Å². The maximum atomic E-state index is 13.4. The highest BCUT2D eigenvalue weighted by Gasteiger charge is 2.34. The van der Waals surface area contributed by atoms with Crippen molar-refractivity contribution in [2.75, 3.05) is 4.90 Å². The maximum absolute atomic E-state index is 13.4. The number of aromatic amines is 1. The highest BCUT2D eigenvalue weighted by atomic mass is 32.2. The van der Waals surface area contributed by atoms with Gasteiger partial charge in [0.25, 0.3) is 5.91 Å². The molecular weight excluding hydrogens is 402 g/mol.